The first-order valence-corrected chi connectivity index (χ1v) is 8.00. The number of hydrogen-bond donors (Lipinski definition) is 1. The molecule has 0 amide bonds. The van der Waals surface area contributed by atoms with E-state index in [-0.39, 0.29) is 10.9 Å². The van der Waals surface area contributed by atoms with Gasteiger partial charge in [-0.25, -0.2) is 9.99 Å². The Balaban J connectivity index is 2.36. The molecular weight excluding hydrogens is 380 g/mol. The molecule has 1 aromatic heterocycles. The maximum absolute atomic E-state index is 9.84. The Labute approximate surface area is 148 Å². The zero-order valence-corrected chi connectivity index (χ0v) is 14.9. The second-order valence-corrected chi connectivity index (χ2v) is 6.01. The van der Waals surface area contributed by atoms with Crippen molar-refractivity contribution in [1.29, 1.82) is 5.26 Å². The van der Waals surface area contributed by atoms with Gasteiger partial charge >= 0.3 is 0 Å². The van der Waals surface area contributed by atoms with E-state index in [4.69, 9.17) is 16.9 Å². The first kappa shape index (κ1) is 17.3. The number of pyridine rings is 1. The molecule has 2 rings (SSSR count). The van der Waals surface area contributed by atoms with Gasteiger partial charge in [-0.1, -0.05) is 27.5 Å². The van der Waals surface area contributed by atoms with Gasteiger partial charge in [0.05, 0.1) is 11.8 Å². The molecule has 0 unspecified atom stereocenters. The number of aromatic nitrogens is 1. The predicted octanol–water partition coefficient (Wildman–Crippen LogP) is 4.24. The third kappa shape index (κ3) is 4.01. The third-order valence-electron chi connectivity index (χ3n) is 3.16. The standard InChI is InChI=1S/C16H14BrClN4O/c1-3-22(15-6-10(2)13(8-19)16(18)21-15)20-9-11-7-12(17)4-5-14(11)23/h4-7,9,23H,3H2,1-2H3. The second kappa shape index (κ2) is 7.44. The molecule has 5 nitrogen and oxygen atoms in total. The van der Waals surface area contributed by atoms with Gasteiger partial charge in [-0.15, -0.1) is 0 Å². The molecule has 0 aliphatic carbocycles. The average molecular weight is 394 g/mol. The van der Waals surface area contributed by atoms with Crippen LogP contribution in [0.3, 0.4) is 0 Å². The molecule has 0 atom stereocenters. The van der Waals surface area contributed by atoms with E-state index < -0.39 is 0 Å². The summed E-state index contributed by atoms with van der Waals surface area (Å²) >= 11 is 9.39. The molecule has 23 heavy (non-hydrogen) atoms. The summed E-state index contributed by atoms with van der Waals surface area (Å²) in [7, 11) is 0. The molecule has 0 radical (unpaired) electrons. The van der Waals surface area contributed by atoms with Crippen LogP contribution in [0.2, 0.25) is 5.15 Å². The zero-order valence-electron chi connectivity index (χ0n) is 12.6. The number of aryl methyl sites for hydroxylation is 1. The smallest absolute Gasteiger partial charge is 0.150 e. The number of anilines is 1. The van der Waals surface area contributed by atoms with Crippen LogP contribution >= 0.6 is 27.5 Å². The first-order valence-electron chi connectivity index (χ1n) is 6.83. The summed E-state index contributed by atoms with van der Waals surface area (Å²) in [6, 6.07) is 8.88. The van der Waals surface area contributed by atoms with Gasteiger partial charge in [0.1, 0.15) is 17.0 Å². The van der Waals surface area contributed by atoms with Gasteiger partial charge in [-0.2, -0.15) is 10.4 Å². The molecule has 1 aromatic carbocycles. The summed E-state index contributed by atoms with van der Waals surface area (Å²) in [5.74, 6) is 0.676. The van der Waals surface area contributed by atoms with Crippen LogP contribution in [0.25, 0.3) is 0 Å². The number of benzene rings is 1. The van der Waals surface area contributed by atoms with Crippen molar-refractivity contribution in [1.82, 2.24) is 4.98 Å². The maximum Gasteiger partial charge on any atom is 0.150 e. The number of hydrazone groups is 1. The highest BCUT2D eigenvalue weighted by Crippen LogP contribution is 2.24. The lowest BCUT2D eigenvalue weighted by molar-refractivity contribution is 0.474. The van der Waals surface area contributed by atoms with E-state index in [1.807, 2.05) is 13.0 Å². The van der Waals surface area contributed by atoms with Crippen molar-refractivity contribution in [2.45, 2.75) is 13.8 Å². The molecule has 0 spiro atoms. The van der Waals surface area contributed by atoms with Crippen molar-refractivity contribution in [2.75, 3.05) is 11.6 Å². The van der Waals surface area contributed by atoms with E-state index in [0.29, 0.717) is 23.5 Å². The minimum Gasteiger partial charge on any atom is -0.507 e. The minimum absolute atomic E-state index is 0.134. The van der Waals surface area contributed by atoms with Crippen LogP contribution in [0, 0.1) is 18.3 Å². The van der Waals surface area contributed by atoms with Gasteiger partial charge in [0.15, 0.2) is 5.82 Å². The van der Waals surface area contributed by atoms with Crippen LogP contribution in [-0.4, -0.2) is 22.8 Å². The number of hydrogen-bond acceptors (Lipinski definition) is 5. The maximum atomic E-state index is 9.84. The van der Waals surface area contributed by atoms with Crippen LogP contribution < -0.4 is 5.01 Å². The number of phenolic OH excluding ortho intramolecular Hbond substituents is 1. The van der Waals surface area contributed by atoms with E-state index >= 15 is 0 Å². The molecule has 0 saturated carbocycles. The predicted molar refractivity (Wildman–Crippen MR) is 95.1 cm³/mol. The summed E-state index contributed by atoms with van der Waals surface area (Å²) in [6.07, 6.45) is 1.55. The highest BCUT2D eigenvalue weighted by atomic mass is 79.9. The van der Waals surface area contributed by atoms with Crippen molar-refractivity contribution in [3.63, 3.8) is 0 Å². The summed E-state index contributed by atoms with van der Waals surface area (Å²) in [6.45, 7) is 4.27. The van der Waals surface area contributed by atoms with Crippen LogP contribution in [0.15, 0.2) is 33.8 Å². The minimum atomic E-state index is 0.134. The molecule has 0 aliphatic heterocycles. The van der Waals surface area contributed by atoms with E-state index in [0.717, 1.165) is 10.0 Å². The molecule has 1 N–H and O–H groups in total. The van der Waals surface area contributed by atoms with Crippen LogP contribution in [0.4, 0.5) is 5.82 Å². The molecule has 2 aromatic rings. The van der Waals surface area contributed by atoms with Crippen molar-refractivity contribution in [3.8, 4) is 11.8 Å². The topological polar surface area (TPSA) is 72.5 Å². The Bertz CT molecular complexity index is 778. The molecule has 7 heteroatoms. The molecule has 1 heterocycles. The van der Waals surface area contributed by atoms with E-state index in [9.17, 15) is 5.11 Å². The van der Waals surface area contributed by atoms with Gasteiger partial charge in [0.25, 0.3) is 0 Å². The summed E-state index contributed by atoms with van der Waals surface area (Å²) in [5.41, 5.74) is 1.68. The molecule has 0 saturated heterocycles. The Morgan fingerprint density at radius 3 is 2.83 bits per heavy atom. The second-order valence-electron chi connectivity index (χ2n) is 4.74. The number of phenols is 1. The van der Waals surface area contributed by atoms with Gasteiger partial charge in [0, 0.05) is 16.6 Å². The molecular formula is C16H14BrClN4O. The van der Waals surface area contributed by atoms with Crippen molar-refractivity contribution in [2.24, 2.45) is 5.10 Å². The molecule has 0 aliphatic rings. The number of rotatable bonds is 4. The molecule has 118 valence electrons. The van der Waals surface area contributed by atoms with Crippen LogP contribution in [-0.2, 0) is 0 Å². The van der Waals surface area contributed by atoms with E-state index in [2.05, 4.69) is 26.0 Å². The van der Waals surface area contributed by atoms with E-state index in [1.54, 1.807) is 42.4 Å². The van der Waals surface area contributed by atoms with Gasteiger partial charge < -0.3 is 5.11 Å². The lowest BCUT2D eigenvalue weighted by Gasteiger charge is -2.17. The lowest BCUT2D eigenvalue weighted by atomic mass is 10.2. The Hall–Kier alpha value is -2.10. The van der Waals surface area contributed by atoms with E-state index in [1.165, 1.54) is 0 Å². The van der Waals surface area contributed by atoms with Gasteiger partial charge in [-0.05, 0) is 43.7 Å². The number of aromatic hydroxyl groups is 1. The number of nitrogens with zero attached hydrogens (tertiary/aromatic N) is 4. The van der Waals surface area contributed by atoms with Crippen molar-refractivity contribution < 1.29 is 5.11 Å². The van der Waals surface area contributed by atoms with Gasteiger partial charge in [0.2, 0.25) is 0 Å². The van der Waals surface area contributed by atoms with Crippen molar-refractivity contribution >= 4 is 39.6 Å². The summed E-state index contributed by atoms with van der Waals surface area (Å²) in [4.78, 5) is 4.21. The largest absolute Gasteiger partial charge is 0.507 e. The molecule has 0 fully saturated rings. The van der Waals surface area contributed by atoms with Crippen LogP contribution in [0.5, 0.6) is 5.75 Å². The third-order valence-corrected chi connectivity index (χ3v) is 3.93. The normalized spacial score (nSPS) is 10.7. The highest BCUT2D eigenvalue weighted by Gasteiger charge is 2.11. The monoisotopic (exact) mass is 392 g/mol. The van der Waals surface area contributed by atoms with Crippen LogP contribution in [0.1, 0.15) is 23.6 Å². The Morgan fingerprint density at radius 1 is 1.48 bits per heavy atom. The summed E-state index contributed by atoms with van der Waals surface area (Å²) < 4.78 is 0.843. The zero-order chi connectivity index (χ0) is 17.0. The SMILES string of the molecule is CCN(N=Cc1cc(Br)ccc1O)c1cc(C)c(C#N)c(Cl)n1. The number of nitriles is 1. The molecule has 0 bridgehead atoms. The lowest BCUT2D eigenvalue weighted by Crippen LogP contribution is -2.17. The Morgan fingerprint density at radius 2 is 2.22 bits per heavy atom. The average Bonchev–Trinajstić information content (AvgIpc) is 2.51. The Kier molecular flexibility index (Phi) is 5.59. The highest BCUT2D eigenvalue weighted by molar-refractivity contribution is 9.10. The fourth-order valence-electron chi connectivity index (χ4n) is 1.95. The van der Waals surface area contributed by atoms with Gasteiger partial charge in [-0.3, -0.25) is 0 Å². The fourth-order valence-corrected chi connectivity index (χ4v) is 2.60. The number of halogens is 2. The fraction of sp³-hybridized carbons (Fsp3) is 0.188. The quantitative estimate of drug-likeness (QED) is 0.479. The van der Waals surface area contributed by atoms with Crippen molar-refractivity contribution in [3.05, 3.63) is 50.6 Å². The first-order chi connectivity index (χ1) is 11.0. The summed E-state index contributed by atoms with van der Waals surface area (Å²) in [5, 5.41) is 25.0.